The van der Waals surface area contributed by atoms with Crippen molar-refractivity contribution in [3.8, 4) is 0 Å². The van der Waals surface area contributed by atoms with Crippen molar-refractivity contribution >= 4 is 17.7 Å². The third-order valence-corrected chi connectivity index (χ3v) is 7.99. The van der Waals surface area contributed by atoms with Crippen molar-refractivity contribution in [1.29, 1.82) is 0 Å². The van der Waals surface area contributed by atoms with Gasteiger partial charge < -0.3 is 9.05 Å². The van der Waals surface area contributed by atoms with Gasteiger partial charge in [-0.3, -0.25) is 13.6 Å². The Morgan fingerprint density at radius 2 is 1.73 bits per heavy atom. The molecule has 148 valence electrons. The molecule has 0 aliphatic carbocycles. The molecule has 0 aromatic heterocycles. The molecule has 9 heteroatoms. The second-order valence-electron chi connectivity index (χ2n) is 6.17. The number of rotatable bonds is 11. The molecule has 2 rings (SSSR count). The molecule has 26 heavy (non-hydrogen) atoms. The van der Waals surface area contributed by atoms with Crippen LogP contribution in [0.2, 0.25) is 0 Å². The van der Waals surface area contributed by atoms with Crippen molar-refractivity contribution in [3.05, 3.63) is 29.8 Å². The Bertz CT molecular complexity index is 726. The summed E-state index contributed by atoms with van der Waals surface area (Å²) in [7, 11) is -7.03. The monoisotopic (exact) mass is 405 g/mol. The summed E-state index contributed by atoms with van der Waals surface area (Å²) in [5, 5.41) is 0. The van der Waals surface area contributed by atoms with E-state index in [1.165, 1.54) is 12.1 Å². The highest BCUT2D eigenvalue weighted by atomic mass is 32.2. The molecule has 1 aliphatic heterocycles. The zero-order valence-corrected chi connectivity index (χ0v) is 17.5. The zero-order valence-electron chi connectivity index (χ0n) is 15.8. The predicted octanol–water partition coefficient (Wildman–Crippen LogP) is 3.39. The van der Waals surface area contributed by atoms with E-state index in [4.69, 9.17) is 13.2 Å². The lowest BCUT2D eigenvalue weighted by molar-refractivity contribution is 0.197. The van der Waals surface area contributed by atoms with Crippen LogP contribution in [0.25, 0.3) is 0 Å². The van der Waals surface area contributed by atoms with Gasteiger partial charge >= 0.3 is 7.60 Å². The SMILES string of the molecule is CCOP(=O)(OCC)[C@H]1CN1[C@H](CC)COS(=O)(=O)c1ccc(C)cc1. The number of benzene rings is 1. The van der Waals surface area contributed by atoms with Crippen LogP contribution in [0.15, 0.2) is 29.2 Å². The van der Waals surface area contributed by atoms with Gasteiger partial charge in [-0.1, -0.05) is 24.6 Å². The first-order chi connectivity index (χ1) is 12.3. The summed E-state index contributed by atoms with van der Waals surface area (Å²) in [5.41, 5.74) is 0.977. The Labute approximate surface area is 156 Å². The van der Waals surface area contributed by atoms with Crippen molar-refractivity contribution in [2.75, 3.05) is 26.4 Å². The molecular formula is C17H28NO6PS. The molecule has 1 aromatic carbocycles. The van der Waals surface area contributed by atoms with Crippen LogP contribution >= 0.6 is 7.60 Å². The van der Waals surface area contributed by atoms with E-state index in [-0.39, 0.29) is 23.3 Å². The Kier molecular flexibility index (Phi) is 7.42. The van der Waals surface area contributed by atoms with Crippen LogP contribution in [-0.2, 0) is 27.9 Å². The molecule has 0 radical (unpaired) electrons. The smallest absolute Gasteiger partial charge is 0.308 e. The average Bonchev–Trinajstić information content (AvgIpc) is 3.37. The van der Waals surface area contributed by atoms with E-state index in [2.05, 4.69) is 0 Å². The van der Waals surface area contributed by atoms with E-state index in [1.807, 2.05) is 18.7 Å². The lowest BCUT2D eigenvalue weighted by Gasteiger charge is -2.21. The van der Waals surface area contributed by atoms with E-state index >= 15 is 0 Å². The van der Waals surface area contributed by atoms with E-state index in [0.717, 1.165) is 5.56 Å². The normalized spacial score (nSPS) is 21.5. The summed E-state index contributed by atoms with van der Waals surface area (Å²) in [4.78, 5) is 2.06. The topological polar surface area (TPSA) is 81.9 Å². The van der Waals surface area contributed by atoms with E-state index in [9.17, 15) is 13.0 Å². The molecule has 0 bridgehead atoms. The van der Waals surface area contributed by atoms with Crippen LogP contribution in [-0.4, -0.2) is 51.5 Å². The van der Waals surface area contributed by atoms with Gasteiger partial charge in [-0.15, -0.1) is 0 Å². The molecule has 1 unspecified atom stereocenters. The molecule has 0 saturated carbocycles. The van der Waals surface area contributed by atoms with Crippen LogP contribution in [0.3, 0.4) is 0 Å². The second kappa shape index (κ2) is 8.95. The van der Waals surface area contributed by atoms with Crippen LogP contribution in [0.1, 0.15) is 32.8 Å². The Balaban J connectivity index is 2.00. The van der Waals surface area contributed by atoms with E-state index < -0.39 is 17.7 Å². The van der Waals surface area contributed by atoms with Gasteiger partial charge in [0.2, 0.25) is 0 Å². The largest absolute Gasteiger partial charge is 0.348 e. The average molecular weight is 405 g/mol. The number of hydrogen-bond acceptors (Lipinski definition) is 7. The van der Waals surface area contributed by atoms with Crippen molar-refractivity contribution < 1.29 is 26.2 Å². The fraction of sp³-hybridized carbons (Fsp3) is 0.647. The van der Waals surface area contributed by atoms with Gasteiger partial charge in [0.1, 0.15) is 5.78 Å². The number of nitrogens with zero attached hydrogens (tertiary/aromatic N) is 1. The molecule has 1 fully saturated rings. The molecule has 1 aromatic rings. The van der Waals surface area contributed by atoms with Crippen LogP contribution in [0.4, 0.5) is 0 Å². The van der Waals surface area contributed by atoms with Crippen LogP contribution in [0.5, 0.6) is 0 Å². The number of hydrogen-bond donors (Lipinski definition) is 0. The molecule has 0 spiro atoms. The molecule has 0 N–H and O–H groups in total. The Hall–Kier alpha value is -0.760. The molecule has 7 nitrogen and oxygen atoms in total. The van der Waals surface area contributed by atoms with Gasteiger partial charge in [-0.2, -0.15) is 8.42 Å². The quantitative estimate of drug-likeness (QED) is 0.317. The lowest BCUT2D eigenvalue weighted by Crippen LogP contribution is -2.27. The maximum Gasteiger partial charge on any atom is 0.348 e. The molecule has 3 atom stereocenters. The highest BCUT2D eigenvalue weighted by Crippen LogP contribution is 2.60. The highest BCUT2D eigenvalue weighted by Gasteiger charge is 2.53. The fourth-order valence-corrected chi connectivity index (χ4v) is 5.79. The van der Waals surface area contributed by atoms with Gasteiger partial charge in [0, 0.05) is 12.6 Å². The predicted molar refractivity (Wildman–Crippen MR) is 99.7 cm³/mol. The Morgan fingerprint density at radius 1 is 1.15 bits per heavy atom. The van der Waals surface area contributed by atoms with Gasteiger partial charge in [-0.25, -0.2) is 0 Å². The Morgan fingerprint density at radius 3 is 2.23 bits per heavy atom. The summed E-state index contributed by atoms with van der Waals surface area (Å²) in [6, 6.07) is 6.35. The van der Waals surface area contributed by atoms with Gasteiger partial charge in [-0.05, 0) is 39.3 Å². The first kappa shape index (κ1) is 21.5. The molecule has 0 amide bonds. The minimum atomic E-state index is -3.82. The summed E-state index contributed by atoms with van der Waals surface area (Å²) in [6.07, 6.45) is 0.665. The van der Waals surface area contributed by atoms with E-state index in [1.54, 1.807) is 26.0 Å². The minimum Gasteiger partial charge on any atom is -0.308 e. The van der Waals surface area contributed by atoms with Gasteiger partial charge in [0.05, 0.1) is 24.7 Å². The number of aryl methyl sites for hydroxylation is 1. The van der Waals surface area contributed by atoms with Crippen molar-refractivity contribution in [2.24, 2.45) is 0 Å². The summed E-state index contributed by atoms with van der Waals surface area (Å²) < 4.78 is 53.5. The molecular weight excluding hydrogens is 377 g/mol. The van der Waals surface area contributed by atoms with Crippen LogP contribution < -0.4 is 0 Å². The molecule has 1 aliphatic rings. The molecule has 1 saturated heterocycles. The first-order valence-corrected chi connectivity index (χ1v) is 11.9. The lowest BCUT2D eigenvalue weighted by atomic mass is 10.2. The third-order valence-electron chi connectivity index (χ3n) is 4.27. The maximum atomic E-state index is 12.8. The third kappa shape index (κ3) is 5.15. The van der Waals surface area contributed by atoms with Gasteiger partial charge in [0.15, 0.2) is 0 Å². The van der Waals surface area contributed by atoms with Gasteiger partial charge in [0.25, 0.3) is 10.1 Å². The van der Waals surface area contributed by atoms with Crippen LogP contribution in [0, 0.1) is 6.92 Å². The van der Waals surface area contributed by atoms with Crippen molar-refractivity contribution in [1.82, 2.24) is 4.90 Å². The minimum absolute atomic E-state index is 0.00145. The second-order valence-corrected chi connectivity index (χ2v) is 9.97. The highest BCUT2D eigenvalue weighted by molar-refractivity contribution is 7.86. The van der Waals surface area contributed by atoms with E-state index in [0.29, 0.717) is 26.2 Å². The standard InChI is InChI=1S/C17H28NO6PS/c1-5-15(18-12-17(18)25(19,22-6-2)23-7-3)13-24-26(20,21)16-10-8-14(4)9-11-16/h8-11,15,17H,5-7,12-13H2,1-4H3/t15-,17+,18?/m1/s1. The zero-order chi connectivity index (χ0) is 19.4. The summed E-state index contributed by atoms with van der Waals surface area (Å²) in [5.74, 6) is -0.335. The van der Waals surface area contributed by atoms with Crippen molar-refractivity contribution in [3.63, 3.8) is 0 Å². The first-order valence-electron chi connectivity index (χ1n) is 8.88. The fourth-order valence-electron chi connectivity index (χ4n) is 2.77. The summed E-state index contributed by atoms with van der Waals surface area (Å²) in [6.45, 7) is 8.52. The molecule has 1 heterocycles. The summed E-state index contributed by atoms with van der Waals surface area (Å²) >= 11 is 0. The maximum absolute atomic E-state index is 12.8. The van der Waals surface area contributed by atoms with Crippen molar-refractivity contribution in [2.45, 2.75) is 50.8 Å².